The summed E-state index contributed by atoms with van der Waals surface area (Å²) in [5.74, 6) is 0.158. The lowest BCUT2D eigenvalue weighted by Crippen LogP contribution is -2.48. The van der Waals surface area contributed by atoms with E-state index in [4.69, 9.17) is 0 Å². The predicted octanol–water partition coefficient (Wildman–Crippen LogP) is 3.74. The Labute approximate surface area is 154 Å². The largest absolute Gasteiger partial charge is 0.358 e. The molecule has 0 bridgehead atoms. The molecule has 134 valence electrons. The summed E-state index contributed by atoms with van der Waals surface area (Å²) in [5, 5.41) is 1.31. The fourth-order valence-corrected chi connectivity index (χ4v) is 3.85. The predicted molar refractivity (Wildman–Crippen MR) is 105 cm³/mol. The molecule has 1 saturated heterocycles. The SMILES string of the molecule is Cc1ccccc1C(=O)N1CCN(Cc2c(C)[nH]c3ccccc23)CC1. The second-order valence-electron chi connectivity index (χ2n) is 7.16. The van der Waals surface area contributed by atoms with Crippen molar-refractivity contribution in [3.05, 3.63) is 70.9 Å². The first kappa shape index (κ1) is 16.9. The minimum Gasteiger partial charge on any atom is -0.358 e. The highest BCUT2D eigenvalue weighted by Gasteiger charge is 2.23. The van der Waals surface area contributed by atoms with Crippen LogP contribution in [0.4, 0.5) is 0 Å². The standard InChI is InChI=1S/C22H25N3O/c1-16-7-3-4-8-18(16)22(26)25-13-11-24(12-14-25)15-20-17(2)23-21-10-6-5-9-19(20)21/h3-10,23H,11-15H2,1-2H3. The summed E-state index contributed by atoms with van der Waals surface area (Å²) in [7, 11) is 0. The molecule has 1 aliphatic rings. The molecule has 1 aliphatic heterocycles. The number of H-pyrrole nitrogens is 1. The van der Waals surface area contributed by atoms with Gasteiger partial charge in [-0.15, -0.1) is 0 Å². The van der Waals surface area contributed by atoms with E-state index in [9.17, 15) is 4.79 Å². The first-order valence-electron chi connectivity index (χ1n) is 9.27. The van der Waals surface area contributed by atoms with E-state index in [1.165, 1.54) is 22.2 Å². The van der Waals surface area contributed by atoms with E-state index in [0.717, 1.165) is 43.9 Å². The number of aromatic nitrogens is 1. The Morgan fingerprint density at radius 1 is 0.962 bits per heavy atom. The Hall–Kier alpha value is -2.59. The Balaban J connectivity index is 1.43. The average molecular weight is 347 g/mol. The van der Waals surface area contributed by atoms with Crippen LogP contribution in [0.1, 0.15) is 27.2 Å². The molecule has 0 aliphatic carbocycles. The van der Waals surface area contributed by atoms with E-state index >= 15 is 0 Å². The smallest absolute Gasteiger partial charge is 0.254 e. The summed E-state index contributed by atoms with van der Waals surface area (Å²) in [5.41, 5.74) is 5.69. The number of nitrogens with zero attached hydrogens (tertiary/aromatic N) is 2. The third-order valence-electron chi connectivity index (χ3n) is 5.44. The topological polar surface area (TPSA) is 39.3 Å². The van der Waals surface area contributed by atoms with Gasteiger partial charge in [0.05, 0.1) is 0 Å². The number of para-hydroxylation sites is 1. The van der Waals surface area contributed by atoms with Gasteiger partial charge < -0.3 is 9.88 Å². The minimum absolute atomic E-state index is 0.158. The summed E-state index contributed by atoms with van der Waals surface area (Å²) >= 11 is 0. The van der Waals surface area contributed by atoms with Crippen LogP contribution in [0.3, 0.4) is 0 Å². The maximum absolute atomic E-state index is 12.8. The minimum atomic E-state index is 0.158. The van der Waals surface area contributed by atoms with E-state index < -0.39 is 0 Å². The number of hydrogen-bond donors (Lipinski definition) is 1. The number of fused-ring (bicyclic) bond motifs is 1. The molecule has 4 rings (SSSR count). The molecule has 0 unspecified atom stereocenters. The number of amides is 1. The first-order valence-corrected chi connectivity index (χ1v) is 9.27. The van der Waals surface area contributed by atoms with E-state index in [2.05, 4.69) is 41.1 Å². The van der Waals surface area contributed by atoms with E-state index in [1.807, 2.05) is 36.1 Å². The van der Waals surface area contributed by atoms with E-state index in [0.29, 0.717) is 0 Å². The average Bonchev–Trinajstić information content (AvgIpc) is 2.98. The van der Waals surface area contributed by atoms with Crippen LogP contribution in [0, 0.1) is 13.8 Å². The third-order valence-corrected chi connectivity index (χ3v) is 5.44. The zero-order valence-electron chi connectivity index (χ0n) is 15.5. The van der Waals surface area contributed by atoms with Crippen molar-refractivity contribution in [3.63, 3.8) is 0 Å². The van der Waals surface area contributed by atoms with Gasteiger partial charge in [0.1, 0.15) is 0 Å². The number of nitrogens with one attached hydrogen (secondary N) is 1. The van der Waals surface area contributed by atoms with Gasteiger partial charge in [-0.3, -0.25) is 9.69 Å². The molecule has 1 fully saturated rings. The number of aromatic amines is 1. The maximum Gasteiger partial charge on any atom is 0.254 e. The van der Waals surface area contributed by atoms with E-state index in [1.54, 1.807) is 0 Å². The molecule has 0 radical (unpaired) electrons. The van der Waals surface area contributed by atoms with Gasteiger partial charge in [-0.2, -0.15) is 0 Å². The van der Waals surface area contributed by atoms with Crippen molar-refractivity contribution in [2.75, 3.05) is 26.2 Å². The van der Waals surface area contributed by atoms with Gasteiger partial charge in [0.25, 0.3) is 5.91 Å². The van der Waals surface area contributed by atoms with Crippen molar-refractivity contribution in [2.45, 2.75) is 20.4 Å². The van der Waals surface area contributed by atoms with Crippen LogP contribution in [0.2, 0.25) is 0 Å². The molecular formula is C22H25N3O. The van der Waals surface area contributed by atoms with Gasteiger partial charge in [0.2, 0.25) is 0 Å². The lowest BCUT2D eigenvalue weighted by atomic mass is 10.1. The number of carbonyl (C=O) groups is 1. The quantitative estimate of drug-likeness (QED) is 0.784. The van der Waals surface area contributed by atoms with Gasteiger partial charge in [-0.25, -0.2) is 0 Å². The van der Waals surface area contributed by atoms with Crippen LogP contribution in [0.25, 0.3) is 10.9 Å². The van der Waals surface area contributed by atoms with Crippen molar-refractivity contribution >= 4 is 16.8 Å². The number of carbonyl (C=O) groups excluding carboxylic acids is 1. The molecule has 26 heavy (non-hydrogen) atoms. The van der Waals surface area contributed by atoms with Gasteiger partial charge in [-0.05, 0) is 37.1 Å². The molecule has 2 heterocycles. The van der Waals surface area contributed by atoms with Crippen molar-refractivity contribution in [3.8, 4) is 0 Å². The maximum atomic E-state index is 12.8. The lowest BCUT2D eigenvalue weighted by Gasteiger charge is -2.35. The van der Waals surface area contributed by atoms with Crippen LogP contribution in [0.5, 0.6) is 0 Å². The zero-order chi connectivity index (χ0) is 18.1. The summed E-state index contributed by atoms with van der Waals surface area (Å²) in [6.07, 6.45) is 0. The normalized spacial score (nSPS) is 15.5. The van der Waals surface area contributed by atoms with Crippen molar-refractivity contribution in [2.24, 2.45) is 0 Å². The van der Waals surface area contributed by atoms with Gasteiger partial charge in [0.15, 0.2) is 0 Å². The molecule has 1 amide bonds. The molecule has 0 spiro atoms. The Morgan fingerprint density at radius 3 is 2.42 bits per heavy atom. The molecule has 0 atom stereocenters. The lowest BCUT2D eigenvalue weighted by molar-refractivity contribution is 0.0628. The number of piperazine rings is 1. The second kappa shape index (κ2) is 6.96. The molecule has 2 aromatic carbocycles. The number of rotatable bonds is 3. The van der Waals surface area contributed by atoms with E-state index in [-0.39, 0.29) is 5.91 Å². The first-order chi connectivity index (χ1) is 12.6. The highest BCUT2D eigenvalue weighted by molar-refractivity contribution is 5.95. The zero-order valence-corrected chi connectivity index (χ0v) is 15.5. The molecular weight excluding hydrogens is 322 g/mol. The van der Waals surface area contributed by atoms with Crippen molar-refractivity contribution in [1.29, 1.82) is 0 Å². The fourth-order valence-electron chi connectivity index (χ4n) is 3.85. The van der Waals surface area contributed by atoms with Crippen LogP contribution < -0.4 is 0 Å². The number of hydrogen-bond acceptors (Lipinski definition) is 2. The number of benzene rings is 2. The van der Waals surface area contributed by atoms with Crippen LogP contribution >= 0.6 is 0 Å². The van der Waals surface area contributed by atoms with Gasteiger partial charge in [-0.1, -0.05) is 36.4 Å². The molecule has 4 heteroatoms. The Kier molecular flexibility index (Phi) is 4.51. The summed E-state index contributed by atoms with van der Waals surface area (Å²) in [6, 6.07) is 16.3. The number of aryl methyl sites for hydroxylation is 2. The van der Waals surface area contributed by atoms with Crippen LogP contribution in [-0.4, -0.2) is 46.9 Å². The molecule has 4 nitrogen and oxygen atoms in total. The molecule has 1 aromatic heterocycles. The molecule has 3 aromatic rings. The fraction of sp³-hybridized carbons (Fsp3) is 0.318. The summed E-state index contributed by atoms with van der Waals surface area (Å²) in [4.78, 5) is 20.7. The summed E-state index contributed by atoms with van der Waals surface area (Å²) < 4.78 is 0. The highest BCUT2D eigenvalue weighted by Crippen LogP contribution is 2.24. The second-order valence-corrected chi connectivity index (χ2v) is 7.16. The van der Waals surface area contributed by atoms with Crippen molar-refractivity contribution in [1.82, 2.24) is 14.8 Å². The highest BCUT2D eigenvalue weighted by atomic mass is 16.2. The summed E-state index contributed by atoms with van der Waals surface area (Å²) in [6.45, 7) is 8.48. The van der Waals surface area contributed by atoms with Gasteiger partial charge >= 0.3 is 0 Å². The Morgan fingerprint density at radius 2 is 1.65 bits per heavy atom. The third kappa shape index (κ3) is 3.13. The van der Waals surface area contributed by atoms with Crippen LogP contribution in [-0.2, 0) is 6.54 Å². The monoisotopic (exact) mass is 347 g/mol. The molecule has 1 N–H and O–H groups in total. The Bertz CT molecular complexity index is 935. The van der Waals surface area contributed by atoms with Gasteiger partial charge in [0, 0.05) is 54.9 Å². The molecule has 0 saturated carbocycles. The van der Waals surface area contributed by atoms with Crippen molar-refractivity contribution < 1.29 is 4.79 Å². The van der Waals surface area contributed by atoms with Crippen LogP contribution in [0.15, 0.2) is 48.5 Å².